The van der Waals surface area contributed by atoms with Crippen molar-refractivity contribution < 1.29 is 24.4 Å². The van der Waals surface area contributed by atoms with Gasteiger partial charge in [-0.2, -0.15) is 0 Å². The topological polar surface area (TPSA) is 75.5 Å². The molecule has 1 aromatic rings. The van der Waals surface area contributed by atoms with Crippen LogP contribution in [0.5, 0.6) is 6.01 Å². The standard InChI is InChI=1S/C7H11BN2O3/c1-5(2)13-7-9-3-6(4-10-7)8(11)12/h3-5,11-12H,1-2H3/i1D3,2D3,5D. The second-order valence-electron chi connectivity index (χ2n) is 2.10. The Morgan fingerprint density at radius 3 is 2.62 bits per heavy atom. The van der Waals surface area contributed by atoms with Crippen LogP contribution in [0.4, 0.5) is 0 Å². The number of aromatic nitrogens is 2. The van der Waals surface area contributed by atoms with Gasteiger partial charge in [0.1, 0.15) is 0 Å². The van der Waals surface area contributed by atoms with Gasteiger partial charge in [0.15, 0.2) is 0 Å². The summed E-state index contributed by atoms with van der Waals surface area (Å²) in [5, 5.41) is 17.6. The van der Waals surface area contributed by atoms with Gasteiger partial charge in [-0.05, 0) is 13.7 Å². The summed E-state index contributed by atoms with van der Waals surface area (Å²) in [4.78, 5) is 6.88. The lowest BCUT2D eigenvalue weighted by Crippen LogP contribution is -2.30. The summed E-state index contributed by atoms with van der Waals surface area (Å²) in [7, 11) is -1.84. The van der Waals surface area contributed by atoms with E-state index < -0.39 is 32.9 Å². The zero-order valence-electron chi connectivity index (χ0n) is 13.4. The van der Waals surface area contributed by atoms with Crippen LogP contribution in [-0.2, 0) is 0 Å². The van der Waals surface area contributed by atoms with Crippen molar-refractivity contribution in [2.75, 3.05) is 0 Å². The Kier molecular flexibility index (Phi) is 1.27. The first-order valence-corrected chi connectivity index (χ1v) is 3.25. The zero-order chi connectivity index (χ0) is 15.8. The van der Waals surface area contributed by atoms with Crippen molar-refractivity contribution in [2.24, 2.45) is 0 Å². The van der Waals surface area contributed by atoms with Gasteiger partial charge >= 0.3 is 13.1 Å². The van der Waals surface area contributed by atoms with Gasteiger partial charge in [-0.15, -0.1) is 0 Å². The van der Waals surface area contributed by atoms with Gasteiger partial charge in [0.25, 0.3) is 0 Å². The van der Waals surface area contributed by atoms with Gasteiger partial charge in [0, 0.05) is 26.1 Å². The average molecular weight is 189 g/mol. The number of hydrogen-bond acceptors (Lipinski definition) is 5. The van der Waals surface area contributed by atoms with E-state index in [9.17, 15) is 0 Å². The first-order valence-electron chi connectivity index (χ1n) is 6.75. The normalized spacial score (nSPS) is 20.9. The molecule has 1 rings (SSSR count). The highest BCUT2D eigenvalue weighted by molar-refractivity contribution is 6.58. The van der Waals surface area contributed by atoms with E-state index in [1.807, 2.05) is 0 Å². The highest BCUT2D eigenvalue weighted by Crippen LogP contribution is 1.99. The predicted octanol–water partition coefficient (Wildman–Crippen LogP) is -1.06. The number of hydrogen-bond donors (Lipinski definition) is 2. The minimum absolute atomic E-state index is 0.101. The third kappa shape index (κ3) is 3.00. The summed E-state index contributed by atoms with van der Waals surface area (Å²) in [6, 6.07) is -0.670. The van der Waals surface area contributed by atoms with Crippen LogP contribution in [0, 0.1) is 0 Å². The lowest BCUT2D eigenvalue weighted by molar-refractivity contribution is 0.222. The summed E-state index contributed by atoms with van der Waals surface area (Å²) in [5.74, 6) is 0. The molecule has 0 unspecified atom stereocenters. The van der Waals surface area contributed by atoms with Crippen LogP contribution in [-0.4, -0.2) is 33.2 Å². The molecule has 0 saturated carbocycles. The first-order chi connectivity index (χ1) is 8.88. The van der Waals surface area contributed by atoms with E-state index in [0.29, 0.717) is 0 Å². The van der Waals surface area contributed by atoms with E-state index in [-0.39, 0.29) is 5.46 Å². The van der Waals surface area contributed by atoms with Gasteiger partial charge in [-0.3, -0.25) is 0 Å². The van der Waals surface area contributed by atoms with Crippen molar-refractivity contribution in [3.63, 3.8) is 0 Å². The molecule has 0 spiro atoms. The highest BCUT2D eigenvalue weighted by atomic mass is 16.5. The maximum atomic E-state index is 8.82. The fraction of sp³-hybridized carbons (Fsp3) is 0.429. The van der Waals surface area contributed by atoms with Crippen LogP contribution in [0.2, 0.25) is 0 Å². The van der Waals surface area contributed by atoms with Gasteiger partial charge in [-0.25, -0.2) is 9.97 Å². The molecule has 13 heavy (non-hydrogen) atoms. The van der Waals surface area contributed by atoms with Crippen molar-refractivity contribution >= 4 is 12.6 Å². The Morgan fingerprint density at radius 2 is 2.15 bits per heavy atom. The number of ether oxygens (including phenoxy) is 1. The van der Waals surface area contributed by atoms with Gasteiger partial charge in [0.05, 0.1) is 7.45 Å². The maximum Gasteiger partial charge on any atom is 0.491 e. The van der Waals surface area contributed by atoms with Crippen LogP contribution >= 0.6 is 0 Å². The van der Waals surface area contributed by atoms with Crippen molar-refractivity contribution in [2.45, 2.75) is 19.8 Å². The lowest BCUT2D eigenvalue weighted by atomic mass is 9.83. The Labute approximate surface area is 86.4 Å². The molecule has 0 saturated heterocycles. The molecule has 0 aliphatic rings. The third-order valence-electron chi connectivity index (χ3n) is 1.14. The second kappa shape index (κ2) is 4.20. The second-order valence-corrected chi connectivity index (χ2v) is 2.10. The SMILES string of the molecule is [2H]C([2H])([2H])C([2H])(Oc1ncc(B(O)O)cn1)C([2H])([2H])[2H]. The molecule has 0 atom stereocenters. The molecule has 0 bridgehead atoms. The molecule has 1 heterocycles. The van der Waals surface area contributed by atoms with Gasteiger partial charge < -0.3 is 14.8 Å². The molecule has 0 fully saturated rings. The Balaban J connectivity index is 3.09. The molecule has 6 heteroatoms. The molecule has 0 radical (unpaired) electrons. The quantitative estimate of drug-likeness (QED) is 0.593. The van der Waals surface area contributed by atoms with Crippen molar-refractivity contribution in [3.8, 4) is 6.01 Å². The predicted molar refractivity (Wildman–Crippen MR) is 47.6 cm³/mol. The fourth-order valence-corrected chi connectivity index (χ4v) is 0.604. The van der Waals surface area contributed by atoms with E-state index >= 15 is 0 Å². The molecule has 0 aliphatic carbocycles. The summed E-state index contributed by atoms with van der Waals surface area (Å²) < 4.78 is 55.0. The van der Waals surface area contributed by atoms with Crippen molar-refractivity contribution in [1.82, 2.24) is 9.97 Å². The van der Waals surface area contributed by atoms with E-state index in [1.165, 1.54) is 0 Å². The van der Waals surface area contributed by atoms with E-state index in [0.717, 1.165) is 12.4 Å². The molecule has 2 N–H and O–H groups in total. The zero-order valence-corrected chi connectivity index (χ0v) is 6.43. The highest BCUT2D eigenvalue weighted by Gasteiger charge is 2.12. The van der Waals surface area contributed by atoms with E-state index in [4.69, 9.17) is 19.6 Å². The molecule has 70 valence electrons. The molecular formula is C7H11BN2O3. The largest absolute Gasteiger partial charge is 0.491 e. The van der Waals surface area contributed by atoms with E-state index in [2.05, 4.69) is 14.7 Å². The lowest BCUT2D eigenvalue weighted by Gasteiger charge is -2.06. The summed E-state index contributed by atoms with van der Waals surface area (Å²) >= 11 is 0. The Morgan fingerprint density at radius 1 is 1.54 bits per heavy atom. The fourth-order valence-electron chi connectivity index (χ4n) is 0.604. The molecule has 1 aromatic heterocycles. The summed E-state index contributed by atoms with van der Waals surface area (Å²) in [6.07, 6.45) is -1.42. The van der Waals surface area contributed by atoms with Crippen LogP contribution < -0.4 is 10.2 Å². The molecule has 0 amide bonds. The van der Waals surface area contributed by atoms with Crippen LogP contribution in [0.25, 0.3) is 0 Å². The minimum atomic E-state index is -3.27. The van der Waals surface area contributed by atoms with Crippen LogP contribution in [0.1, 0.15) is 23.3 Å². The molecule has 5 nitrogen and oxygen atoms in total. The molecule has 0 aromatic carbocycles. The smallest absolute Gasteiger partial charge is 0.461 e. The van der Waals surface area contributed by atoms with Crippen LogP contribution in [0.3, 0.4) is 0 Å². The molecule has 0 aliphatic heterocycles. The molecular weight excluding hydrogens is 171 g/mol. The Bertz CT molecular complexity index is 447. The minimum Gasteiger partial charge on any atom is -0.461 e. The third-order valence-corrected chi connectivity index (χ3v) is 1.14. The van der Waals surface area contributed by atoms with E-state index in [1.54, 1.807) is 0 Å². The van der Waals surface area contributed by atoms with Gasteiger partial charge in [0.2, 0.25) is 0 Å². The maximum absolute atomic E-state index is 8.82. The number of rotatable bonds is 3. The summed E-state index contributed by atoms with van der Waals surface area (Å²) in [6.45, 7) is -6.53. The van der Waals surface area contributed by atoms with Crippen molar-refractivity contribution in [3.05, 3.63) is 12.4 Å². The number of nitrogens with zero attached hydrogens (tertiary/aromatic N) is 2. The first kappa shape index (κ1) is 3.94. The monoisotopic (exact) mass is 189 g/mol. The van der Waals surface area contributed by atoms with Crippen LogP contribution in [0.15, 0.2) is 12.4 Å². The Hall–Kier alpha value is -1.14. The average Bonchev–Trinajstić information content (AvgIpc) is 2.26. The van der Waals surface area contributed by atoms with Gasteiger partial charge in [-0.1, -0.05) is 0 Å². The van der Waals surface area contributed by atoms with Crippen molar-refractivity contribution in [1.29, 1.82) is 0 Å². The summed E-state index contributed by atoms with van der Waals surface area (Å²) in [5.41, 5.74) is -0.101.